The van der Waals surface area contributed by atoms with Crippen LogP contribution in [-0.2, 0) is 24.3 Å². The van der Waals surface area contributed by atoms with Gasteiger partial charge in [-0.15, -0.1) is 0 Å². The maximum Gasteiger partial charge on any atom is 0.342 e. The average Bonchev–Trinajstić information content (AvgIpc) is 3.48. The van der Waals surface area contributed by atoms with Gasteiger partial charge in [0, 0.05) is 37.9 Å². The summed E-state index contributed by atoms with van der Waals surface area (Å²) in [7, 11) is 0. The van der Waals surface area contributed by atoms with Crippen LogP contribution in [0.15, 0.2) is 54.7 Å². The molecule has 9 nitrogen and oxygen atoms in total. The largest absolute Gasteiger partial charge is 0.488 e. The van der Waals surface area contributed by atoms with Gasteiger partial charge in [-0.2, -0.15) is 9.78 Å². The molecule has 1 N–H and O–H groups in total. The summed E-state index contributed by atoms with van der Waals surface area (Å²) >= 11 is 0. The fraction of sp³-hybridized carbons (Fsp3) is 0.400. The van der Waals surface area contributed by atoms with Crippen LogP contribution in [0.5, 0.6) is 11.6 Å². The van der Waals surface area contributed by atoms with Crippen molar-refractivity contribution in [2.24, 2.45) is 0 Å². The van der Waals surface area contributed by atoms with E-state index >= 15 is 0 Å². The third kappa shape index (κ3) is 6.07. The molecule has 0 radical (unpaired) electrons. The quantitative estimate of drug-likeness (QED) is 0.233. The van der Waals surface area contributed by atoms with Crippen LogP contribution in [0.1, 0.15) is 64.4 Å². The van der Waals surface area contributed by atoms with Crippen molar-refractivity contribution in [2.75, 3.05) is 26.4 Å². The van der Waals surface area contributed by atoms with Gasteiger partial charge in [-0.05, 0) is 85.5 Å². The Morgan fingerprint density at radius 2 is 1.89 bits per heavy atom. The number of aromatic nitrogens is 3. The summed E-state index contributed by atoms with van der Waals surface area (Å²) in [5.41, 5.74) is 7.95. The van der Waals surface area contributed by atoms with Crippen LogP contribution in [0.2, 0.25) is 0 Å². The molecule has 1 fully saturated rings. The minimum Gasteiger partial charge on any atom is -0.488 e. The number of hydrogen-bond donors (Lipinski definition) is 1. The van der Waals surface area contributed by atoms with E-state index in [9.17, 15) is 9.90 Å². The Hall–Kier alpha value is -4.21. The van der Waals surface area contributed by atoms with Crippen LogP contribution < -0.4 is 9.47 Å². The Morgan fingerprint density at radius 1 is 1.07 bits per heavy atom. The standard InChI is InChI=1S/C35H40N4O5/c1-4-17-43-34-30(35(40)41)20-36-39(34)32-10-6-9-31(37-32)29-8-5-7-23(2)33(29)44-22-26-12-11-25-21-38(16-13-28(25)24(26)3)27-14-18-42-19-15-27/h5-12,20,27H,4,13-19,21-22H2,1-3H3,(H,40,41). The second-order valence-corrected chi connectivity index (χ2v) is 11.6. The number of carboxylic acids is 1. The Labute approximate surface area is 258 Å². The number of para-hydroxylation sites is 1. The van der Waals surface area contributed by atoms with Gasteiger partial charge in [-0.25, -0.2) is 9.78 Å². The predicted molar refractivity (Wildman–Crippen MR) is 168 cm³/mol. The summed E-state index contributed by atoms with van der Waals surface area (Å²) in [5, 5.41) is 13.9. The summed E-state index contributed by atoms with van der Waals surface area (Å²) in [5.74, 6) is 0.313. The van der Waals surface area contributed by atoms with Crippen LogP contribution in [0.25, 0.3) is 17.1 Å². The van der Waals surface area contributed by atoms with Crippen molar-refractivity contribution in [2.45, 2.75) is 65.6 Å². The minimum atomic E-state index is -1.10. The number of aryl methyl sites for hydroxylation is 1. The molecule has 1 saturated heterocycles. The molecule has 0 spiro atoms. The predicted octanol–water partition coefficient (Wildman–Crippen LogP) is 6.15. The van der Waals surface area contributed by atoms with Gasteiger partial charge in [-0.1, -0.05) is 37.3 Å². The second-order valence-electron chi connectivity index (χ2n) is 11.6. The van der Waals surface area contributed by atoms with E-state index in [0.717, 1.165) is 68.9 Å². The van der Waals surface area contributed by atoms with E-state index in [2.05, 4.69) is 29.1 Å². The molecule has 0 unspecified atom stereocenters. The fourth-order valence-corrected chi connectivity index (χ4v) is 6.30. The van der Waals surface area contributed by atoms with E-state index in [0.29, 0.717) is 30.8 Å². The molecule has 0 atom stereocenters. The lowest BCUT2D eigenvalue weighted by molar-refractivity contribution is 0.0290. The molecule has 2 aliphatic heterocycles. The Kier molecular flexibility index (Phi) is 8.95. The van der Waals surface area contributed by atoms with E-state index < -0.39 is 5.97 Å². The first kappa shape index (κ1) is 29.8. The van der Waals surface area contributed by atoms with E-state index in [1.165, 1.54) is 33.1 Å². The van der Waals surface area contributed by atoms with Gasteiger partial charge in [0.1, 0.15) is 17.9 Å². The number of ether oxygens (including phenoxy) is 3. The summed E-state index contributed by atoms with van der Waals surface area (Å²) < 4.78 is 19.4. The molecular formula is C35H40N4O5. The lowest BCUT2D eigenvalue weighted by atomic mass is 9.90. The molecule has 0 amide bonds. The van der Waals surface area contributed by atoms with Gasteiger partial charge in [0.25, 0.3) is 0 Å². The highest BCUT2D eigenvalue weighted by molar-refractivity contribution is 5.90. The third-order valence-corrected chi connectivity index (χ3v) is 8.75. The summed E-state index contributed by atoms with van der Waals surface area (Å²) in [4.78, 5) is 19.3. The Bertz CT molecular complexity index is 1640. The Morgan fingerprint density at radius 3 is 2.68 bits per heavy atom. The van der Waals surface area contributed by atoms with Crippen LogP contribution in [0.3, 0.4) is 0 Å². The molecule has 2 aliphatic rings. The van der Waals surface area contributed by atoms with Gasteiger partial charge in [0.15, 0.2) is 5.82 Å². The van der Waals surface area contributed by atoms with Crippen molar-refractivity contribution >= 4 is 5.97 Å². The molecule has 4 heterocycles. The van der Waals surface area contributed by atoms with Crippen LogP contribution in [-0.4, -0.2) is 63.1 Å². The van der Waals surface area contributed by atoms with Crippen molar-refractivity contribution in [1.29, 1.82) is 0 Å². The van der Waals surface area contributed by atoms with Crippen molar-refractivity contribution in [1.82, 2.24) is 19.7 Å². The van der Waals surface area contributed by atoms with Crippen LogP contribution in [0, 0.1) is 13.8 Å². The molecule has 230 valence electrons. The summed E-state index contributed by atoms with van der Waals surface area (Å²) in [6, 6.07) is 16.7. The number of fused-ring (bicyclic) bond motifs is 1. The number of benzene rings is 2. The van der Waals surface area contributed by atoms with Gasteiger partial charge >= 0.3 is 5.97 Å². The lowest BCUT2D eigenvalue weighted by Crippen LogP contribution is -2.42. The number of nitrogens with zero attached hydrogens (tertiary/aromatic N) is 4. The number of carboxylic acid groups (broad SMARTS) is 1. The second kappa shape index (κ2) is 13.2. The maximum atomic E-state index is 11.8. The molecule has 0 aliphatic carbocycles. The first-order chi connectivity index (χ1) is 21.4. The highest BCUT2D eigenvalue weighted by Crippen LogP contribution is 2.35. The van der Waals surface area contributed by atoms with Crippen molar-refractivity contribution in [3.8, 4) is 28.7 Å². The highest BCUT2D eigenvalue weighted by atomic mass is 16.5. The highest BCUT2D eigenvalue weighted by Gasteiger charge is 2.27. The first-order valence-electron chi connectivity index (χ1n) is 15.5. The van der Waals surface area contributed by atoms with Crippen molar-refractivity contribution < 1.29 is 24.1 Å². The van der Waals surface area contributed by atoms with Crippen LogP contribution >= 0.6 is 0 Å². The van der Waals surface area contributed by atoms with Gasteiger partial charge in [0.05, 0.1) is 18.5 Å². The van der Waals surface area contributed by atoms with E-state index in [1.807, 2.05) is 44.2 Å². The Balaban J connectivity index is 1.24. The van der Waals surface area contributed by atoms with Crippen molar-refractivity contribution in [3.63, 3.8) is 0 Å². The van der Waals surface area contributed by atoms with Gasteiger partial charge < -0.3 is 19.3 Å². The number of rotatable bonds is 10. The maximum absolute atomic E-state index is 11.8. The first-order valence-corrected chi connectivity index (χ1v) is 15.5. The zero-order valence-electron chi connectivity index (χ0n) is 25.7. The molecular weight excluding hydrogens is 556 g/mol. The van der Waals surface area contributed by atoms with E-state index in [4.69, 9.17) is 19.2 Å². The molecule has 9 heteroatoms. The van der Waals surface area contributed by atoms with E-state index in [-0.39, 0.29) is 11.4 Å². The molecule has 0 bridgehead atoms. The SMILES string of the molecule is CCCOc1c(C(=O)O)cnn1-c1cccc(-c2cccc(C)c2OCc2ccc3c(c2C)CCN(C2CCOCC2)C3)n1. The molecule has 0 saturated carbocycles. The molecule has 6 rings (SSSR count). The smallest absolute Gasteiger partial charge is 0.342 e. The number of pyridine rings is 1. The topological polar surface area (TPSA) is 98.9 Å². The molecule has 2 aromatic carbocycles. The zero-order chi connectivity index (χ0) is 30.6. The third-order valence-electron chi connectivity index (χ3n) is 8.75. The normalized spacial score (nSPS) is 15.6. The van der Waals surface area contributed by atoms with Gasteiger partial charge in [0.2, 0.25) is 5.88 Å². The summed E-state index contributed by atoms with van der Waals surface area (Å²) in [6.45, 7) is 10.9. The lowest BCUT2D eigenvalue weighted by Gasteiger charge is -2.38. The number of hydrogen-bond acceptors (Lipinski definition) is 7. The number of carbonyl (C=O) groups is 1. The molecule has 44 heavy (non-hydrogen) atoms. The zero-order valence-corrected chi connectivity index (χ0v) is 25.7. The molecule has 4 aromatic rings. The van der Waals surface area contributed by atoms with Crippen LogP contribution in [0.4, 0.5) is 0 Å². The average molecular weight is 597 g/mol. The molecule has 2 aromatic heterocycles. The summed E-state index contributed by atoms with van der Waals surface area (Å²) in [6.07, 6.45) is 5.33. The monoisotopic (exact) mass is 596 g/mol. The number of aromatic carboxylic acids is 1. The van der Waals surface area contributed by atoms with Gasteiger partial charge in [-0.3, -0.25) is 4.90 Å². The fourth-order valence-electron chi connectivity index (χ4n) is 6.30. The minimum absolute atomic E-state index is 0.00180. The van der Waals surface area contributed by atoms with Crippen molar-refractivity contribution in [3.05, 3.63) is 88.1 Å². The van der Waals surface area contributed by atoms with E-state index in [1.54, 1.807) is 6.07 Å².